The van der Waals surface area contributed by atoms with E-state index in [1.807, 2.05) is 0 Å². The zero-order chi connectivity index (χ0) is 19.6. The van der Waals surface area contributed by atoms with Crippen molar-refractivity contribution >= 4 is 12.2 Å². The highest BCUT2D eigenvalue weighted by Gasteiger charge is 2.19. The standard InChI is InChI=1S/C28H38/c1-3-5-6-24-11-13-26(14-12-24)17-18-28-21-19-27(20-22-28)16-15-25-9-7-23(4-2)8-10-25/h11-14,17-23,25H,3-10,15-16H2,1-2H3. The third kappa shape index (κ3) is 6.66. The Morgan fingerprint density at radius 3 is 1.68 bits per heavy atom. The molecule has 0 bridgehead atoms. The molecule has 2 aromatic rings. The van der Waals surface area contributed by atoms with Crippen molar-refractivity contribution in [1.82, 2.24) is 0 Å². The predicted molar refractivity (Wildman–Crippen MR) is 124 cm³/mol. The Morgan fingerprint density at radius 1 is 0.679 bits per heavy atom. The molecule has 0 saturated heterocycles. The fourth-order valence-corrected chi connectivity index (χ4v) is 4.46. The van der Waals surface area contributed by atoms with E-state index in [2.05, 4.69) is 74.5 Å². The highest BCUT2D eigenvalue weighted by atomic mass is 14.2. The van der Waals surface area contributed by atoms with Gasteiger partial charge in [-0.25, -0.2) is 0 Å². The number of unbranched alkanes of at least 4 members (excludes halogenated alkanes) is 1. The zero-order valence-corrected chi connectivity index (χ0v) is 18.0. The van der Waals surface area contributed by atoms with Gasteiger partial charge in [-0.15, -0.1) is 0 Å². The molecule has 0 spiro atoms. The summed E-state index contributed by atoms with van der Waals surface area (Å²) in [6.07, 6.45) is 18.0. The van der Waals surface area contributed by atoms with E-state index in [1.54, 1.807) is 0 Å². The van der Waals surface area contributed by atoms with Gasteiger partial charge in [0.1, 0.15) is 0 Å². The Balaban J connectivity index is 1.45. The molecule has 0 atom stereocenters. The summed E-state index contributed by atoms with van der Waals surface area (Å²) >= 11 is 0. The summed E-state index contributed by atoms with van der Waals surface area (Å²) in [7, 11) is 0. The molecule has 1 aliphatic carbocycles. The van der Waals surface area contributed by atoms with Gasteiger partial charge in [-0.2, -0.15) is 0 Å². The number of aryl methyl sites for hydroxylation is 2. The van der Waals surface area contributed by atoms with Gasteiger partial charge in [0.2, 0.25) is 0 Å². The van der Waals surface area contributed by atoms with Gasteiger partial charge in [-0.1, -0.05) is 113 Å². The molecule has 0 heterocycles. The smallest absolute Gasteiger partial charge is 0.0256 e. The molecule has 3 rings (SSSR count). The second-order valence-electron chi connectivity index (χ2n) is 8.75. The van der Waals surface area contributed by atoms with Gasteiger partial charge < -0.3 is 0 Å². The number of hydrogen-bond acceptors (Lipinski definition) is 0. The highest BCUT2D eigenvalue weighted by molar-refractivity contribution is 5.69. The average molecular weight is 375 g/mol. The van der Waals surface area contributed by atoms with Gasteiger partial charge in [0, 0.05) is 0 Å². The maximum Gasteiger partial charge on any atom is -0.0256 e. The Labute approximate surface area is 173 Å². The van der Waals surface area contributed by atoms with Crippen LogP contribution in [0.5, 0.6) is 0 Å². The zero-order valence-electron chi connectivity index (χ0n) is 18.0. The van der Waals surface area contributed by atoms with Crippen LogP contribution in [-0.2, 0) is 12.8 Å². The monoisotopic (exact) mass is 374 g/mol. The molecule has 0 amide bonds. The largest absolute Gasteiger partial charge is 0.0654 e. The summed E-state index contributed by atoms with van der Waals surface area (Å²) in [5, 5.41) is 0. The van der Waals surface area contributed by atoms with Crippen molar-refractivity contribution in [1.29, 1.82) is 0 Å². The SMILES string of the molecule is CCCCc1ccc(C=Cc2ccc(CCC3CCC(CC)CC3)cc2)cc1. The second-order valence-corrected chi connectivity index (χ2v) is 8.75. The maximum absolute atomic E-state index is 2.35. The van der Waals surface area contributed by atoms with E-state index in [-0.39, 0.29) is 0 Å². The number of benzene rings is 2. The Morgan fingerprint density at radius 2 is 1.18 bits per heavy atom. The second kappa shape index (κ2) is 11.2. The van der Waals surface area contributed by atoms with Crippen LogP contribution in [0.1, 0.15) is 87.5 Å². The van der Waals surface area contributed by atoms with Crippen LogP contribution in [0.15, 0.2) is 48.5 Å². The lowest BCUT2D eigenvalue weighted by molar-refractivity contribution is 0.259. The molecular weight excluding hydrogens is 336 g/mol. The molecule has 28 heavy (non-hydrogen) atoms. The average Bonchev–Trinajstić information content (AvgIpc) is 2.76. The molecular formula is C28H38. The van der Waals surface area contributed by atoms with Crippen LogP contribution in [0.4, 0.5) is 0 Å². The molecule has 2 aromatic carbocycles. The van der Waals surface area contributed by atoms with Crippen LogP contribution in [0.3, 0.4) is 0 Å². The summed E-state index contributed by atoms with van der Waals surface area (Å²) in [6.45, 7) is 4.60. The van der Waals surface area contributed by atoms with Crippen LogP contribution < -0.4 is 0 Å². The van der Waals surface area contributed by atoms with Crippen molar-refractivity contribution in [2.24, 2.45) is 11.8 Å². The quantitative estimate of drug-likeness (QED) is 0.387. The van der Waals surface area contributed by atoms with Crippen molar-refractivity contribution in [2.45, 2.75) is 78.1 Å². The lowest BCUT2D eigenvalue weighted by Crippen LogP contribution is -2.14. The minimum atomic E-state index is 0.961. The maximum atomic E-state index is 2.35. The van der Waals surface area contributed by atoms with E-state index in [0.29, 0.717) is 0 Å². The first-order valence-electron chi connectivity index (χ1n) is 11.6. The first-order valence-corrected chi connectivity index (χ1v) is 11.6. The lowest BCUT2D eigenvalue weighted by Gasteiger charge is -2.27. The third-order valence-electron chi connectivity index (χ3n) is 6.63. The van der Waals surface area contributed by atoms with Crippen LogP contribution in [0, 0.1) is 11.8 Å². The molecule has 0 N–H and O–H groups in total. The molecule has 1 aliphatic rings. The highest BCUT2D eigenvalue weighted by Crippen LogP contribution is 2.33. The van der Waals surface area contributed by atoms with Crippen molar-refractivity contribution in [3.63, 3.8) is 0 Å². The van der Waals surface area contributed by atoms with Crippen LogP contribution >= 0.6 is 0 Å². The van der Waals surface area contributed by atoms with Crippen LogP contribution in [-0.4, -0.2) is 0 Å². The molecule has 150 valence electrons. The Hall–Kier alpha value is -1.82. The molecule has 1 saturated carbocycles. The summed E-state index contributed by atoms with van der Waals surface area (Å²) in [6, 6.07) is 18.2. The normalized spacial score (nSPS) is 19.9. The van der Waals surface area contributed by atoms with Crippen molar-refractivity contribution in [3.8, 4) is 0 Å². The fraction of sp³-hybridized carbons (Fsp3) is 0.500. The molecule has 0 aromatic heterocycles. The topological polar surface area (TPSA) is 0 Å². The van der Waals surface area contributed by atoms with Crippen molar-refractivity contribution in [2.75, 3.05) is 0 Å². The number of rotatable bonds is 9. The molecule has 1 fully saturated rings. The van der Waals surface area contributed by atoms with Crippen molar-refractivity contribution in [3.05, 3.63) is 70.8 Å². The van der Waals surface area contributed by atoms with E-state index in [9.17, 15) is 0 Å². The lowest BCUT2D eigenvalue weighted by atomic mass is 9.78. The van der Waals surface area contributed by atoms with E-state index < -0.39 is 0 Å². The summed E-state index contributed by atoms with van der Waals surface area (Å²) in [5.74, 6) is 1.97. The van der Waals surface area contributed by atoms with E-state index in [0.717, 1.165) is 11.8 Å². The minimum absolute atomic E-state index is 0.961. The first kappa shape index (κ1) is 20.9. The molecule has 0 nitrogen and oxygen atoms in total. The van der Waals surface area contributed by atoms with Gasteiger partial charge >= 0.3 is 0 Å². The first-order chi connectivity index (χ1) is 13.8. The van der Waals surface area contributed by atoms with Gasteiger partial charge in [0.15, 0.2) is 0 Å². The third-order valence-corrected chi connectivity index (χ3v) is 6.63. The van der Waals surface area contributed by atoms with Crippen molar-refractivity contribution < 1.29 is 0 Å². The molecule has 0 radical (unpaired) electrons. The van der Waals surface area contributed by atoms with Gasteiger partial charge in [0.25, 0.3) is 0 Å². The van der Waals surface area contributed by atoms with Crippen LogP contribution in [0.2, 0.25) is 0 Å². The van der Waals surface area contributed by atoms with Gasteiger partial charge in [-0.05, 0) is 59.8 Å². The summed E-state index contributed by atoms with van der Waals surface area (Å²) < 4.78 is 0. The Kier molecular flexibility index (Phi) is 8.40. The fourth-order valence-electron chi connectivity index (χ4n) is 4.46. The van der Waals surface area contributed by atoms with E-state index in [1.165, 1.54) is 86.5 Å². The molecule has 0 unspecified atom stereocenters. The van der Waals surface area contributed by atoms with Gasteiger partial charge in [0.05, 0.1) is 0 Å². The number of hydrogen-bond donors (Lipinski definition) is 0. The van der Waals surface area contributed by atoms with E-state index in [4.69, 9.17) is 0 Å². The molecule has 0 heteroatoms. The van der Waals surface area contributed by atoms with E-state index >= 15 is 0 Å². The van der Waals surface area contributed by atoms with Gasteiger partial charge in [-0.3, -0.25) is 0 Å². The minimum Gasteiger partial charge on any atom is -0.0654 e. The summed E-state index contributed by atoms with van der Waals surface area (Å²) in [5.41, 5.74) is 5.52. The summed E-state index contributed by atoms with van der Waals surface area (Å²) in [4.78, 5) is 0. The molecule has 0 aliphatic heterocycles. The van der Waals surface area contributed by atoms with Crippen LogP contribution in [0.25, 0.3) is 12.2 Å². The Bertz CT molecular complexity index is 697. The predicted octanol–water partition coefficient (Wildman–Crippen LogP) is 8.35.